The lowest BCUT2D eigenvalue weighted by Crippen LogP contribution is -2.45. The highest BCUT2D eigenvalue weighted by molar-refractivity contribution is 5.79. The van der Waals surface area contributed by atoms with Gasteiger partial charge >= 0.3 is 0 Å². The van der Waals surface area contributed by atoms with Crippen molar-refractivity contribution < 1.29 is 0 Å². The van der Waals surface area contributed by atoms with Crippen LogP contribution in [0.3, 0.4) is 0 Å². The third kappa shape index (κ3) is 6.57. The van der Waals surface area contributed by atoms with Crippen LogP contribution in [0.1, 0.15) is 32.6 Å². The van der Waals surface area contributed by atoms with Crippen molar-refractivity contribution in [2.45, 2.75) is 38.6 Å². The molecule has 2 aliphatic rings. The summed E-state index contributed by atoms with van der Waals surface area (Å²) in [7, 11) is 4.08. The maximum absolute atomic E-state index is 4.36. The SMILES string of the molecule is CCN1CCCC1CNC(=NC)NCCCCN1CCN(C)CC1. The van der Waals surface area contributed by atoms with Gasteiger partial charge in [0.25, 0.3) is 0 Å². The summed E-state index contributed by atoms with van der Waals surface area (Å²) in [6.45, 7) is 12.8. The van der Waals surface area contributed by atoms with E-state index in [0.717, 1.165) is 25.6 Å². The van der Waals surface area contributed by atoms with Gasteiger partial charge in [-0.15, -0.1) is 0 Å². The van der Waals surface area contributed by atoms with E-state index < -0.39 is 0 Å². The molecule has 2 fully saturated rings. The second-order valence-electron chi connectivity index (χ2n) is 7.16. The Labute approximate surface area is 148 Å². The van der Waals surface area contributed by atoms with Gasteiger partial charge in [-0.2, -0.15) is 0 Å². The Bertz CT molecular complexity index is 365. The molecule has 1 atom stereocenters. The van der Waals surface area contributed by atoms with Crippen LogP contribution in [0.25, 0.3) is 0 Å². The van der Waals surface area contributed by atoms with Crippen molar-refractivity contribution in [3.8, 4) is 0 Å². The minimum atomic E-state index is 0.672. The predicted octanol–water partition coefficient (Wildman–Crippen LogP) is 0.663. The average Bonchev–Trinajstić information content (AvgIpc) is 3.06. The molecule has 0 amide bonds. The van der Waals surface area contributed by atoms with Crippen molar-refractivity contribution in [2.75, 3.05) is 73.0 Å². The summed E-state index contributed by atoms with van der Waals surface area (Å²) >= 11 is 0. The number of rotatable bonds is 8. The number of likely N-dealkylation sites (tertiary alicyclic amines) is 1. The predicted molar refractivity (Wildman–Crippen MR) is 103 cm³/mol. The first-order valence-electron chi connectivity index (χ1n) is 9.82. The van der Waals surface area contributed by atoms with E-state index in [9.17, 15) is 0 Å². The zero-order chi connectivity index (χ0) is 17.2. The average molecular weight is 339 g/mol. The lowest BCUT2D eigenvalue weighted by atomic mass is 10.2. The van der Waals surface area contributed by atoms with E-state index in [2.05, 4.69) is 44.3 Å². The molecular weight excluding hydrogens is 300 g/mol. The highest BCUT2D eigenvalue weighted by Crippen LogP contribution is 2.15. The fraction of sp³-hybridized carbons (Fsp3) is 0.944. The second kappa shape index (κ2) is 10.9. The number of likely N-dealkylation sites (N-methyl/N-ethyl adjacent to an activating group) is 2. The molecule has 0 aromatic rings. The molecule has 0 spiro atoms. The van der Waals surface area contributed by atoms with Crippen LogP contribution in [0, 0.1) is 0 Å². The van der Waals surface area contributed by atoms with Crippen LogP contribution in [0.4, 0.5) is 0 Å². The number of piperazine rings is 1. The van der Waals surface area contributed by atoms with E-state index in [-0.39, 0.29) is 0 Å². The zero-order valence-electron chi connectivity index (χ0n) is 16.1. The number of nitrogens with zero attached hydrogens (tertiary/aromatic N) is 4. The molecule has 2 heterocycles. The van der Waals surface area contributed by atoms with Gasteiger partial charge < -0.3 is 20.4 Å². The van der Waals surface area contributed by atoms with E-state index in [0.29, 0.717) is 6.04 Å². The highest BCUT2D eigenvalue weighted by atomic mass is 15.2. The maximum Gasteiger partial charge on any atom is 0.191 e. The summed E-state index contributed by atoms with van der Waals surface area (Å²) in [6, 6.07) is 0.672. The van der Waals surface area contributed by atoms with Gasteiger partial charge in [0.1, 0.15) is 0 Å². The normalized spacial score (nSPS) is 24.5. The number of aliphatic imine (C=N–C) groups is 1. The summed E-state index contributed by atoms with van der Waals surface area (Å²) in [4.78, 5) is 11.9. The van der Waals surface area contributed by atoms with E-state index in [4.69, 9.17) is 0 Å². The Kier molecular flexibility index (Phi) is 8.84. The van der Waals surface area contributed by atoms with Crippen molar-refractivity contribution in [3.63, 3.8) is 0 Å². The lowest BCUT2D eigenvalue weighted by Gasteiger charge is -2.32. The van der Waals surface area contributed by atoms with Crippen LogP contribution in [0.15, 0.2) is 4.99 Å². The first kappa shape index (κ1) is 19.5. The molecule has 2 N–H and O–H groups in total. The largest absolute Gasteiger partial charge is 0.356 e. The quantitative estimate of drug-likeness (QED) is 0.387. The van der Waals surface area contributed by atoms with Crippen LogP contribution < -0.4 is 10.6 Å². The van der Waals surface area contributed by atoms with Crippen molar-refractivity contribution in [1.82, 2.24) is 25.3 Å². The van der Waals surface area contributed by atoms with Crippen LogP contribution in [0.2, 0.25) is 0 Å². The third-order valence-electron chi connectivity index (χ3n) is 5.42. The van der Waals surface area contributed by atoms with Crippen molar-refractivity contribution in [3.05, 3.63) is 0 Å². The minimum Gasteiger partial charge on any atom is -0.356 e. The van der Waals surface area contributed by atoms with E-state index in [1.54, 1.807) is 0 Å². The van der Waals surface area contributed by atoms with Crippen molar-refractivity contribution in [1.29, 1.82) is 0 Å². The molecule has 0 aromatic heterocycles. The standard InChI is InChI=1S/C18H38N6/c1-4-24-11-7-8-17(24)16-21-18(19-2)20-9-5-6-10-23-14-12-22(3)13-15-23/h17H,4-16H2,1-3H3,(H2,19,20,21). The summed E-state index contributed by atoms with van der Waals surface area (Å²) in [5, 5.41) is 6.97. The van der Waals surface area contributed by atoms with Crippen LogP contribution in [0.5, 0.6) is 0 Å². The summed E-state index contributed by atoms with van der Waals surface area (Å²) in [5.41, 5.74) is 0. The first-order chi connectivity index (χ1) is 11.7. The molecular formula is C18H38N6. The Morgan fingerprint density at radius 1 is 1.08 bits per heavy atom. The van der Waals surface area contributed by atoms with Gasteiger partial charge in [0.15, 0.2) is 5.96 Å². The monoisotopic (exact) mass is 338 g/mol. The lowest BCUT2D eigenvalue weighted by molar-refractivity contribution is 0.152. The molecule has 2 aliphatic heterocycles. The number of guanidine groups is 1. The van der Waals surface area contributed by atoms with Crippen molar-refractivity contribution in [2.24, 2.45) is 4.99 Å². The third-order valence-corrected chi connectivity index (χ3v) is 5.42. The van der Waals surface area contributed by atoms with Gasteiger partial charge in [-0.1, -0.05) is 6.92 Å². The Morgan fingerprint density at radius 3 is 2.58 bits per heavy atom. The summed E-state index contributed by atoms with van der Waals surface area (Å²) in [6.07, 6.45) is 5.11. The first-order valence-corrected chi connectivity index (χ1v) is 9.82. The number of hydrogen-bond acceptors (Lipinski definition) is 4. The maximum atomic E-state index is 4.36. The molecule has 0 aromatic carbocycles. The van der Waals surface area contributed by atoms with Gasteiger partial charge in [0, 0.05) is 52.4 Å². The summed E-state index contributed by atoms with van der Waals surface area (Å²) in [5.74, 6) is 0.956. The minimum absolute atomic E-state index is 0.672. The Balaban J connectivity index is 1.52. The highest BCUT2D eigenvalue weighted by Gasteiger charge is 2.22. The number of unbranched alkanes of at least 4 members (excludes halogenated alkanes) is 1. The second-order valence-corrected chi connectivity index (χ2v) is 7.16. The van der Waals surface area contributed by atoms with Gasteiger partial charge in [-0.25, -0.2) is 0 Å². The van der Waals surface area contributed by atoms with Crippen molar-refractivity contribution >= 4 is 5.96 Å². The molecule has 0 bridgehead atoms. The van der Waals surface area contributed by atoms with Crippen LogP contribution >= 0.6 is 0 Å². The van der Waals surface area contributed by atoms with Gasteiger partial charge in [-0.05, 0) is 52.4 Å². The van der Waals surface area contributed by atoms with E-state index in [1.165, 1.54) is 65.0 Å². The smallest absolute Gasteiger partial charge is 0.191 e. The molecule has 140 valence electrons. The molecule has 0 radical (unpaired) electrons. The zero-order valence-corrected chi connectivity index (χ0v) is 16.1. The molecule has 0 aliphatic carbocycles. The van der Waals surface area contributed by atoms with E-state index in [1.807, 2.05) is 7.05 Å². The molecule has 6 nitrogen and oxygen atoms in total. The van der Waals surface area contributed by atoms with Gasteiger partial charge in [-0.3, -0.25) is 9.89 Å². The fourth-order valence-corrected chi connectivity index (χ4v) is 3.72. The molecule has 6 heteroatoms. The summed E-state index contributed by atoms with van der Waals surface area (Å²) < 4.78 is 0. The topological polar surface area (TPSA) is 46.1 Å². The molecule has 0 saturated carbocycles. The number of hydrogen-bond donors (Lipinski definition) is 2. The number of nitrogens with one attached hydrogen (secondary N) is 2. The molecule has 24 heavy (non-hydrogen) atoms. The van der Waals surface area contributed by atoms with Crippen LogP contribution in [-0.4, -0.2) is 99.7 Å². The van der Waals surface area contributed by atoms with E-state index >= 15 is 0 Å². The van der Waals surface area contributed by atoms with Gasteiger partial charge in [0.05, 0.1) is 0 Å². The Morgan fingerprint density at radius 2 is 1.88 bits per heavy atom. The molecule has 2 saturated heterocycles. The van der Waals surface area contributed by atoms with Crippen LogP contribution in [-0.2, 0) is 0 Å². The van der Waals surface area contributed by atoms with Gasteiger partial charge in [0.2, 0.25) is 0 Å². The molecule has 1 unspecified atom stereocenters. The molecule has 2 rings (SSSR count). The fourth-order valence-electron chi connectivity index (χ4n) is 3.72. The Hall–Kier alpha value is -0.850.